The molecule has 1 fully saturated rings. The third-order valence-corrected chi connectivity index (χ3v) is 3.55. The number of anilines is 1. The Kier molecular flexibility index (Phi) is 4.43. The monoisotopic (exact) mass is 263 g/mol. The lowest BCUT2D eigenvalue weighted by Gasteiger charge is -2.27. The second kappa shape index (κ2) is 6.06. The Labute approximate surface area is 114 Å². The van der Waals surface area contributed by atoms with Gasteiger partial charge in [0.25, 0.3) is 0 Å². The Balaban J connectivity index is 1.99. The zero-order chi connectivity index (χ0) is 13.8. The summed E-state index contributed by atoms with van der Waals surface area (Å²) in [7, 11) is 3.90. The van der Waals surface area contributed by atoms with Crippen LogP contribution in [0.15, 0.2) is 24.3 Å². The van der Waals surface area contributed by atoms with E-state index in [2.05, 4.69) is 0 Å². The van der Waals surface area contributed by atoms with Crippen LogP contribution in [0.5, 0.6) is 0 Å². The number of aliphatic hydroxyl groups excluding tert-OH is 1. The van der Waals surface area contributed by atoms with Crippen LogP contribution in [-0.2, 0) is 4.74 Å². The van der Waals surface area contributed by atoms with E-state index in [-0.39, 0.29) is 12.1 Å². The highest BCUT2D eigenvalue weighted by Gasteiger charge is 2.26. The molecule has 1 saturated carbocycles. The zero-order valence-electron chi connectivity index (χ0n) is 11.5. The molecule has 4 heteroatoms. The van der Waals surface area contributed by atoms with E-state index in [4.69, 9.17) is 4.74 Å². The minimum absolute atomic E-state index is 0.351. The lowest BCUT2D eigenvalue weighted by atomic mass is 9.95. The van der Waals surface area contributed by atoms with E-state index in [1.54, 1.807) is 12.1 Å². The molecule has 0 heterocycles. The van der Waals surface area contributed by atoms with Gasteiger partial charge in [-0.2, -0.15) is 0 Å². The van der Waals surface area contributed by atoms with Gasteiger partial charge < -0.3 is 14.7 Å². The molecule has 0 bridgehead atoms. The minimum atomic E-state index is -0.515. The van der Waals surface area contributed by atoms with Crippen LogP contribution in [0.25, 0.3) is 0 Å². The van der Waals surface area contributed by atoms with E-state index < -0.39 is 6.10 Å². The van der Waals surface area contributed by atoms with E-state index in [1.165, 1.54) is 0 Å². The number of esters is 1. The molecule has 0 radical (unpaired) electrons. The number of benzene rings is 1. The molecule has 0 spiro atoms. The predicted octanol–water partition coefficient (Wildman–Crippen LogP) is 2.21. The van der Waals surface area contributed by atoms with Gasteiger partial charge in [0.2, 0.25) is 0 Å². The van der Waals surface area contributed by atoms with Gasteiger partial charge in [-0.25, -0.2) is 4.79 Å². The first-order chi connectivity index (χ1) is 9.08. The molecule has 1 aromatic carbocycles. The molecule has 1 N–H and O–H groups in total. The van der Waals surface area contributed by atoms with Crippen molar-refractivity contribution in [3.05, 3.63) is 29.8 Å². The van der Waals surface area contributed by atoms with Crippen LogP contribution in [0.3, 0.4) is 0 Å². The van der Waals surface area contributed by atoms with Crippen molar-refractivity contribution in [1.82, 2.24) is 0 Å². The topological polar surface area (TPSA) is 49.8 Å². The smallest absolute Gasteiger partial charge is 0.338 e. The van der Waals surface area contributed by atoms with E-state index in [0.29, 0.717) is 5.56 Å². The molecule has 1 aliphatic rings. The number of ether oxygens (including phenoxy) is 1. The fraction of sp³-hybridized carbons (Fsp3) is 0.533. The third-order valence-electron chi connectivity index (χ3n) is 3.55. The second-order valence-electron chi connectivity index (χ2n) is 5.24. The summed E-state index contributed by atoms with van der Waals surface area (Å²) < 4.78 is 5.39. The summed E-state index contributed by atoms with van der Waals surface area (Å²) in [6, 6.07) is 7.28. The van der Waals surface area contributed by atoms with Gasteiger partial charge in [0.05, 0.1) is 11.7 Å². The number of nitrogens with zero attached hydrogens (tertiary/aromatic N) is 1. The van der Waals surface area contributed by atoms with Gasteiger partial charge in [-0.15, -0.1) is 0 Å². The largest absolute Gasteiger partial charge is 0.456 e. The highest BCUT2D eigenvalue weighted by molar-refractivity contribution is 5.90. The summed E-state index contributed by atoms with van der Waals surface area (Å²) in [6.45, 7) is 0. The van der Waals surface area contributed by atoms with Crippen molar-refractivity contribution >= 4 is 11.7 Å². The standard InChI is InChI=1S/C15H21NO3/c1-16(2)12-9-7-11(8-10-12)15(18)19-14-6-4-3-5-13(14)17/h7-10,13-14,17H,3-6H2,1-2H3/t13-,14-/m0/s1. The molecule has 0 aliphatic heterocycles. The van der Waals surface area contributed by atoms with Crippen LogP contribution in [0.1, 0.15) is 36.0 Å². The van der Waals surface area contributed by atoms with E-state index >= 15 is 0 Å². The Hall–Kier alpha value is -1.55. The lowest BCUT2D eigenvalue weighted by molar-refractivity contribution is -0.0360. The number of hydrogen-bond acceptors (Lipinski definition) is 4. The Morgan fingerprint density at radius 2 is 1.84 bits per heavy atom. The summed E-state index contributed by atoms with van der Waals surface area (Å²) in [5, 5.41) is 9.80. The summed E-state index contributed by atoms with van der Waals surface area (Å²) >= 11 is 0. The molecular weight excluding hydrogens is 242 g/mol. The summed E-state index contributed by atoms with van der Waals surface area (Å²) in [5.74, 6) is -0.351. The van der Waals surface area contributed by atoms with Gasteiger partial charge in [-0.3, -0.25) is 0 Å². The van der Waals surface area contributed by atoms with Gasteiger partial charge in [-0.1, -0.05) is 6.42 Å². The van der Waals surface area contributed by atoms with Crippen LogP contribution in [0.4, 0.5) is 5.69 Å². The maximum Gasteiger partial charge on any atom is 0.338 e. The van der Waals surface area contributed by atoms with Gasteiger partial charge in [0.1, 0.15) is 6.10 Å². The number of aliphatic hydroxyl groups is 1. The molecule has 0 aromatic heterocycles. The van der Waals surface area contributed by atoms with Crippen LogP contribution < -0.4 is 4.90 Å². The first kappa shape index (κ1) is 13.9. The van der Waals surface area contributed by atoms with Gasteiger partial charge in [0.15, 0.2) is 0 Å². The van der Waals surface area contributed by atoms with Crippen molar-refractivity contribution in [1.29, 1.82) is 0 Å². The average Bonchev–Trinajstić information content (AvgIpc) is 2.41. The molecule has 2 atom stereocenters. The zero-order valence-corrected chi connectivity index (χ0v) is 11.5. The molecule has 0 amide bonds. The number of rotatable bonds is 3. The van der Waals surface area contributed by atoms with Crippen molar-refractivity contribution in [2.45, 2.75) is 37.9 Å². The first-order valence-corrected chi connectivity index (χ1v) is 6.74. The number of hydrogen-bond donors (Lipinski definition) is 1. The number of carbonyl (C=O) groups is 1. The fourth-order valence-electron chi connectivity index (χ4n) is 2.32. The summed E-state index contributed by atoms with van der Waals surface area (Å²) in [6.07, 6.45) is 2.62. The van der Waals surface area contributed by atoms with Gasteiger partial charge >= 0.3 is 5.97 Å². The maximum atomic E-state index is 12.0. The molecule has 1 aromatic rings. The van der Waals surface area contributed by atoms with Crippen LogP contribution in [-0.4, -0.2) is 37.4 Å². The van der Waals surface area contributed by atoms with Crippen molar-refractivity contribution in [3.8, 4) is 0 Å². The normalized spacial score (nSPS) is 22.9. The Morgan fingerprint density at radius 3 is 2.42 bits per heavy atom. The molecule has 0 saturated heterocycles. The van der Waals surface area contributed by atoms with Crippen molar-refractivity contribution in [2.24, 2.45) is 0 Å². The third kappa shape index (κ3) is 3.47. The van der Waals surface area contributed by atoms with Crippen LogP contribution in [0, 0.1) is 0 Å². The summed E-state index contributed by atoms with van der Waals surface area (Å²) in [5.41, 5.74) is 1.57. The second-order valence-corrected chi connectivity index (χ2v) is 5.24. The molecule has 0 unspecified atom stereocenters. The van der Waals surface area contributed by atoms with E-state index in [1.807, 2.05) is 31.1 Å². The van der Waals surface area contributed by atoms with E-state index in [0.717, 1.165) is 31.4 Å². The fourth-order valence-corrected chi connectivity index (χ4v) is 2.32. The van der Waals surface area contributed by atoms with Gasteiger partial charge in [-0.05, 0) is 43.5 Å². The van der Waals surface area contributed by atoms with Crippen LogP contribution in [0.2, 0.25) is 0 Å². The lowest BCUT2D eigenvalue weighted by Crippen LogP contribution is -2.34. The SMILES string of the molecule is CN(C)c1ccc(C(=O)O[C@H]2CCCC[C@@H]2O)cc1. The minimum Gasteiger partial charge on any atom is -0.456 e. The molecule has 19 heavy (non-hydrogen) atoms. The molecule has 104 valence electrons. The highest BCUT2D eigenvalue weighted by atomic mass is 16.6. The maximum absolute atomic E-state index is 12.0. The number of carbonyl (C=O) groups excluding carboxylic acids is 1. The van der Waals surface area contributed by atoms with Crippen molar-refractivity contribution in [3.63, 3.8) is 0 Å². The van der Waals surface area contributed by atoms with Crippen molar-refractivity contribution < 1.29 is 14.6 Å². The van der Waals surface area contributed by atoms with Gasteiger partial charge in [0, 0.05) is 19.8 Å². The van der Waals surface area contributed by atoms with Crippen LogP contribution >= 0.6 is 0 Å². The first-order valence-electron chi connectivity index (χ1n) is 6.74. The summed E-state index contributed by atoms with van der Waals surface area (Å²) in [4.78, 5) is 14.0. The molecule has 2 rings (SSSR count). The molecular formula is C15H21NO3. The predicted molar refractivity (Wildman–Crippen MR) is 74.4 cm³/mol. The highest BCUT2D eigenvalue weighted by Crippen LogP contribution is 2.22. The Morgan fingerprint density at radius 1 is 1.21 bits per heavy atom. The molecule has 1 aliphatic carbocycles. The quantitative estimate of drug-likeness (QED) is 0.849. The van der Waals surface area contributed by atoms with Crippen molar-refractivity contribution in [2.75, 3.05) is 19.0 Å². The molecule has 4 nitrogen and oxygen atoms in total. The van der Waals surface area contributed by atoms with E-state index in [9.17, 15) is 9.90 Å². The Bertz CT molecular complexity index is 428. The average molecular weight is 263 g/mol.